The predicted octanol–water partition coefficient (Wildman–Crippen LogP) is 2.50. The molecule has 0 aliphatic rings. The quantitative estimate of drug-likeness (QED) is 0.824. The number of hydrogen-bond acceptors (Lipinski definition) is 4. The monoisotopic (exact) mass is 303 g/mol. The first kappa shape index (κ1) is 15.9. The van der Waals surface area contributed by atoms with E-state index in [1.54, 1.807) is 12.5 Å². The first-order valence-corrected chi connectivity index (χ1v) is 7.32. The molecule has 0 aliphatic carbocycles. The lowest BCUT2D eigenvalue weighted by Gasteiger charge is -2.14. The molecule has 1 atom stereocenters. The number of hydrogen-bond donors (Lipinski definition) is 2. The zero-order valence-corrected chi connectivity index (χ0v) is 12.8. The van der Waals surface area contributed by atoms with Crippen molar-refractivity contribution in [1.82, 2.24) is 15.6 Å². The number of carbonyl (C=O) groups excluding carboxylic acids is 1. The zero-order valence-electron chi connectivity index (χ0n) is 12.8. The van der Waals surface area contributed by atoms with Gasteiger partial charge in [0, 0.05) is 30.8 Å². The van der Waals surface area contributed by atoms with Crippen molar-refractivity contribution in [2.45, 2.75) is 32.9 Å². The van der Waals surface area contributed by atoms with E-state index in [0.717, 1.165) is 11.3 Å². The van der Waals surface area contributed by atoms with E-state index in [1.165, 1.54) is 0 Å². The highest BCUT2D eigenvalue weighted by molar-refractivity contribution is 5.74. The third-order valence-electron chi connectivity index (χ3n) is 3.04. The Bertz CT molecular complexity index is 584. The minimum Gasteiger partial charge on any atom is -0.478 e. The van der Waals surface area contributed by atoms with Gasteiger partial charge in [-0.15, -0.1) is 0 Å². The Labute approximate surface area is 129 Å². The fraction of sp³-hybridized carbons (Fsp3) is 0.375. The van der Waals surface area contributed by atoms with E-state index in [4.69, 9.17) is 9.15 Å². The van der Waals surface area contributed by atoms with Crippen molar-refractivity contribution >= 4 is 6.03 Å². The molecule has 0 unspecified atom stereocenters. The van der Waals surface area contributed by atoms with Gasteiger partial charge in [-0.25, -0.2) is 9.78 Å². The minimum absolute atomic E-state index is 0.0218. The van der Waals surface area contributed by atoms with E-state index in [9.17, 15) is 4.79 Å². The summed E-state index contributed by atoms with van der Waals surface area (Å²) in [7, 11) is 0. The van der Waals surface area contributed by atoms with Crippen LogP contribution in [0.5, 0.6) is 5.88 Å². The van der Waals surface area contributed by atoms with Crippen molar-refractivity contribution < 1.29 is 13.9 Å². The van der Waals surface area contributed by atoms with Crippen LogP contribution in [0.25, 0.3) is 0 Å². The van der Waals surface area contributed by atoms with Gasteiger partial charge < -0.3 is 19.8 Å². The fourth-order valence-corrected chi connectivity index (χ4v) is 2.06. The largest absolute Gasteiger partial charge is 0.478 e. The third-order valence-corrected chi connectivity index (χ3v) is 3.04. The Kier molecular flexibility index (Phi) is 5.82. The van der Waals surface area contributed by atoms with Crippen LogP contribution in [-0.2, 0) is 13.0 Å². The Hall–Kier alpha value is -2.50. The highest BCUT2D eigenvalue weighted by Gasteiger charge is 2.10. The van der Waals surface area contributed by atoms with Gasteiger partial charge in [0.05, 0.1) is 12.9 Å². The van der Waals surface area contributed by atoms with Crippen molar-refractivity contribution in [1.29, 1.82) is 0 Å². The molecule has 0 aliphatic heterocycles. The molecule has 0 saturated carbocycles. The Morgan fingerprint density at radius 2 is 2.27 bits per heavy atom. The highest BCUT2D eigenvalue weighted by Crippen LogP contribution is 2.13. The van der Waals surface area contributed by atoms with Gasteiger partial charge in [-0.2, -0.15) is 0 Å². The molecular weight excluding hydrogens is 282 g/mol. The third kappa shape index (κ3) is 4.80. The summed E-state index contributed by atoms with van der Waals surface area (Å²) in [5.74, 6) is 1.40. The van der Waals surface area contributed by atoms with Gasteiger partial charge in [0.1, 0.15) is 5.76 Å². The van der Waals surface area contributed by atoms with Crippen LogP contribution in [0.2, 0.25) is 0 Å². The molecule has 2 aromatic rings. The standard InChI is InChI=1S/C16H21N3O3/c1-3-21-15-13(6-4-8-17-15)11-18-16(20)19-12(2)10-14-7-5-9-22-14/h4-9,12H,3,10-11H2,1-2H3,(H2,18,19,20)/t12-/m0/s1. The van der Waals surface area contributed by atoms with Gasteiger partial charge in [-0.3, -0.25) is 0 Å². The van der Waals surface area contributed by atoms with Gasteiger partial charge >= 0.3 is 6.03 Å². The molecule has 2 heterocycles. The molecule has 2 amide bonds. The van der Waals surface area contributed by atoms with Crippen molar-refractivity contribution in [3.8, 4) is 5.88 Å². The van der Waals surface area contributed by atoms with Gasteiger partial charge in [0.15, 0.2) is 0 Å². The second-order valence-corrected chi connectivity index (χ2v) is 4.91. The smallest absolute Gasteiger partial charge is 0.315 e. The van der Waals surface area contributed by atoms with Crippen LogP contribution in [0.15, 0.2) is 41.1 Å². The second kappa shape index (κ2) is 8.07. The van der Waals surface area contributed by atoms with E-state index in [2.05, 4.69) is 15.6 Å². The van der Waals surface area contributed by atoms with E-state index in [0.29, 0.717) is 25.5 Å². The summed E-state index contributed by atoms with van der Waals surface area (Å²) in [5, 5.41) is 5.68. The summed E-state index contributed by atoms with van der Waals surface area (Å²) in [6.07, 6.45) is 3.94. The number of nitrogens with zero attached hydrogens (tertiary/aromatic N) is 1. The van der Waals surface area contributed by atoms with Crippen LogP contribution in [0.1, 0.15) is 25.2 Å². The summed E-state index contributed by atoms with van der Waals surface area (Å²) >= 11 is 0. The molecular formula is C16H21N3O3. The molecule has 0 fully saturated rings. The van der Waals surface area contributed by atoms with Crippen molar-refractivity contribution in [3.63, 3.8) is 0 Å². The molecule has 118 valence electrons. The minimum atomic E-state index is -0.231. The molecule has 2 aromatic heterocycles. The summed E-state index contributed by atoms with van der Waals surface area (Å²) in [5.41, 5.74) is 0.846. The molecule has 2 N–H and O–H groups in total. The maximum atomic E-state index is 11.9. The lowest BCUT2D eigenvalue weighted by molar-refractivity contribution is 0.236. The molecule has 0 spiro atoms. The van der Waals surface area contributed by atoms with Crippen LogP contribution in [0.4, 0.5) is 4.79 Å². The number of furan rings is 1. The number of ether oxygens (including phenoxy) is 1. The van der Waals surface area contributed by atoms with Crippen LogP contribution in [0.3, 0.4) is 0 Å². The summed E-state index contributed by atoms with van der Waals surface area (Å²) < 4.78 is 10.7. The van der Waals surface area contributed by atoms with Crippen LogP contribution >= 0.6 is 0 Å². The maximum Gasteiger partial charge on any atom is 0.315 e. The predicted molar refractivity (Wildman–Crippen MR) is 82.7 cm³/mol. The van der Waals surface area contributed by atoms with E-state index in [1.807, 2.05) is 38.1 Å². The van der Waals surface area contributed by atoms with E-state index in [-0.39, 0.29) is 12.1 Å². The number of urea groups is 1. The molecule has 0 aromatic carbocycles. The SMILES string of the molecule is CCOc1ncccc1CNC(=O)N[C@@H](C)Cc1ccco1. The maximum absolute atomic E-state index is 11.9. The number of rotatable bonds is 7. The van der Waals surface area contributed by atoms with Gasteiger partial charge in [0.25, 0.3) is 0 Å². The van der Waals surface area contributed by atoms with E-state index < -0.39 is 0 Å². The molecule has 0 saturated heterocycles. The average Bonchev–Trinajstić information content (AvgIpc) is 2.99. The average molecular weight is 303 g/mol. The van der Waals surface area contributed by atoms with Crippen molar-refractivity contribution in [2.24, 2.45) is 0 Å². The number of aromatic nitrogens is 1. The van der Waals surface area contributed by atoms with Crippen LogP contribution < -0.4 is 15.4 Å². The Morgan fingerprint density at radius 1 is 1.41 bits per heavy atom. The lowest BCUT2D eigenvalue weighted by Crippen LogP contribution is -2.41. The number of pyridine rings is 1. The molecule has 2 rings (SSSR count). The topological polar surface area (TPSA) is 76.4 Å². The molecule has 0 radical (unpaired) electrons. The molecule has 0 bridgehead atoms. The highest BCUT2D eigenvalue weighted by atomic mass is 16.5. The first-order chi connectivity index (χ1) is 10.7. The summed E-state index contributed by atoms with van der Waals surface area (Å²) in [4.78, 5) is 16.1. The Morgan fingerprint density at radius 3 is 3.00 bits per heavy atom. The number of nitrogens with one attached hydrogen (secondary N) is 2. The molecule has 6 nitrogen and oxygen atoms in total. The molecule has 6 heteroatoms. The Balaban J connectivity index is 1.80. The number of amides is 2. The van der Waals surface area contributed by atoms with E-state index >= 15 is 0 Å². The summed E-state index contributed by atoms with van der Waals surface area (Å²) in [6.45, 7) is 4.73. The fourth-order valence-electron chi connectivity index (χ4n) is 2.06. The van der Waals surface area contributed by atoms with Gasteiger partial charge in [0.2, 0.25) is 5.88 Å². The lowest BCUT2D eigenvalue weighted by atomic mass is 10.2. The molecule has 22 heavy (non-hydrogen) atoms. The zero-order chi connectivity index (χ0) is 15.8. The van der Waals surface area contributed by atoms with Gasteiger partial charge in [-0.1, -0.05) is 6.07 Å². The van der Waals surface area contributed by atoms with Crippen molar-refractivity contribution in [2.75, 3.05) is 6.61 Å². The van der Waals surface area contributed by atoms with Gasteiger partial charge in [-0.05, 0) is 32.0 Å². The normalized spacial score (nSPS) is 11.7. The first-order valence-electron chi connectivity index (χ1n) is 7.32. The summed E-state index contributed by atoms with van der Waals surface area (Å²) in [6, 6.07) is 7.17. The van der Waals surface area contributed by atoms with Crippen LogP contribution in [0, 0.1) is 0 Å². The second-order valence-electron chi connectivity index (χ2n) is 4.91. The van der Waals surface area contributed by atoms with Crippen molar-refractivity contribution in [3.05, 3.63) is 48.0 Å². The number of carbonyl (C=O) groups is 1. The van der Waals surface area contributed by atoms with Crippen LogP contribution in [-0.4, -0.2) is 23.7 Å².